The SMILES string of the molecule is CCC(C)C(=O)OC(C)(C)c1ccc2c(ccc3c4ccccc4ccc23)c1. The van der Waals surface area contributed by atoms with Gasteiger partial charge in [0.15, 0.2) is 0 Å². The van der Waals surface area contributed by atoms with Crippen molar-refractivity contribution in [3.05, 3.63) is 72.3 Å². The molecular weight excluding hydrogens is 344 g/mol. The molecule has 1 atom stereocenters. The summed E-state index contributed by atoms with van der Waals surface area (Å²) in [5.74, 6) is -0.227. The van der Waals surface area contributed by atoms with Crippen molar-refractivity contribution >= 4 is 38.3 Å². The molecule has 0 aliphatic rings. The van der Waals surface area contributed by atoms with E-state index in [2.05, 4.69) is 66.7 Å². The van der Waals surface area contributed by atoms with Gasteiger partial charge in [-0.1, -0.05) is 74.5 Å². The van der Waals surface area contributed by atoms with Crippen LogP contribution in [0.1, 0.15) is 39.7 Å². The van der Waals surface area contributed by atoms with Crippen LogP contribution in [0.25, 0.3) is 32.3 Å². The highest BCUT2D eigenvalue weighted by Crippen LogP contribution is 2.34. The molecule has 0 saturated heterocycles. The van der Waals surface area contributed by atoms with Gasteiger partial charge in [0, 0.05) is 0 Å². The Balaban J connectivity index is 1.80. The lowest BCUT2D eigenvalue weighted by Crippen LogP contribution is -2.28. The van der Waals surface area contributed by atoms with Crippen LogP contribution in [0.2, 0.25) is 0 Å². The van der Waals surface area contributed by atoms with Gasteiger partial charge in [0.2, 0.25) is 0 Å². The first kappa shape index (κ1) is 18.5. The standard InChI is InChI=1S/C26H26O2/c1-5-17(2)25(27)28-26(3,4)20-12-15-22-19(16-20)11-14-23-21-9-7-6-8-18(21)10-13-24(22)23/h6-17H,5H2,1-4H3. The van der Waals surface area contributed by atoms with Gasteiger partial charge in [-0.05, 0) is 64.2 Å². The molecule has 2 heteroatoms. The lowest BCUT2D eigenvalue weighted by atomic mass is 9.92. The molecule has 0 heterocycles. The summed E-state index contributed by atoms with van der Waals surface area (Å²) in [7, 11) is 0. The monoisotopic (exact) mass is 370 g/mol. The minimum atomic E-state index is -0.660. The fraction of sp³-hybridized carbons (Fsp3) is 0.269. The van der Waals surface area contributed by atoms with E-state index >= 15 is 0 Å². The zero-order valence-corrected chi connectivity index (χ0v) is 17.0. The minimum Gasteiger partial charge on any atom is -0.455 e. The molecule has 2 nitrogen and oxygen atoms in total. The number of esters is 1. The van der Waals surface area contributed by atoms with Crippen LogP contribution in [0.5, 0.6) is 0 Å². The molecule has 0 saturated carbocycles. The lowest BCUT2D eigenvalue weighted by Gasteiger charge is -2.27. The quantitative estimate of drug-likeness (QED) is 0.286. The molecule has 0 spiro atoms. The van der Waals surface area contributed by atoms with Crippen molar-refractivity contribution in [2.75, 3.05) is 0 Å². The Hall–Kier alpha value is -2.87. The summed E-state index contributed by atoms with van der Waals surface area (Å²) < 4.78 is 5.83. The molecule has 0 aromatic heterocycles. The zero-order valence-electron chi connectivity index (χ0n) is 17.0. The van der Waals surface area contributed by atoms with Crippen LogP contribution in [-0.2, 0) is 15.1 Å². The molecule has 4 aromatic rings. The molecule has 1 unspecified atom stereocenters. The number of carbonyl (C=O) groups is 1. The smallest absolute Gasteiger partial charge is 0.309 e. The van der Waals surface area contributed by atoms with Gasteiger partial charge < -0.3 is 4.74 Å². The Morgan fingerprint density at radius 2 is 1.46 bits per heavy atom. The van der Waals surface area contributed by atoms with Crippen molar-refractivity contribution in [1.29, 1.82) is 0 Å². The van der Waals surface area contributed by atoms with Gasteiger partial charge in [-0.25, -0.2) is 0 Å². The average Bonchev–Trinajstić information content (AvgIpc) is 2.71. The summed E-state index contributed by atoms with van der Waals surface area (Å²) in [6, 6.07) is 23.6. The van der Waals surface area contributed by atoms with Crippen LogP contribution in [-0.4, -0.2) is 5.97 Å². The molecule has 0 aliphatic carbocycles. The Morgan fingerprint density at radius 3 is 2.18 bits per heavy atom. The number of fused-ring (bicyclic) bond motifs is 5. The maximum absolute atomic E-state index is 12.3. The second-order valence-electron chi connectivity index (χ2n) is 8.12. The predicted octanol–water partition coefficient (Wildman–Crippen LogP) is 6.97. The third-order valence-electron chi connectivity index (χ3n) is 5.81. The molecule has 0 amide bonds. The van der Waals surface area contributed by atoms with Crippen molar-refractivity contribution in [1.82, 2.24) is 0 Å². The van der Waals surface area contributed by atoms with Crippen molar-refractivity contribution in [2.24, 2.45) is 5.92 Å². The number of carbonyl (C=O) groups excluding carboxylic acids is 1. The number of ether oxygens (including phenoxy) is 1. The predicted molar refractivity (Wildman–Crippen MR) is 118 cm³/mol. The number of benzene rings is 4. The van der Waals surface area contributed by atoms with Crippen molar-refractivity contribution in [2.45, 2.75) is 39.7 Å². The third-order valence-corrected chi connectivity index (χ3v) is 5.81. The van der Waals surface area contributed by atoms with Crippen LogP contribution in [0, 0.1) is 5.92 Å². The molecule has 4 rings (SSSR count). The summed E-state index contributed by atoms with van der Waals surface area (Å²) in [6.07, 6.45) is 0.784. The van der Waals surface area contributed by atoms with E-state index < -0.39 is 5.60 Å². The first-order chi connectivity index (χ1) is 13.4. The van der Waals surface area contributed by atoms with E-state index in [0.29, 0.717) is 0 Å². The Labute approximate surface area is 166 Å². The second-order valence-corrected chi connectivity index (χ2v) is 8.12. The zero-order chi connectivity index (χ0) is 19.9. The van der Waals surface area contributed by atoms with Gasteiger partial charge in [-0.3, -0.25) is 4.79 Å². The maximum atomic E-state index is 12.3. The van der Waals surface area contributed by atoms with Gasteiger partial charge in [0.05, 0.1) is 5.92 Å². The van der Waals surface area contributed by atoms with Crippen molar-refractivity contribution < 1.29 is 9.53 Å². The molecular formula is C26H26O2. The van der Waals surface area contributed by atoms with E-state index in [4.69, 9.17) is 4.74 Å². The van der Waals surface area contributed by atoms with Crippen LogP contribution in [0.15, 0.2) is 66.7 Å². The topological polar surface area (TPSA) is 26.3 Å². The van der Waals surface area contributed by atoms with E-state index in [0.717, 1.165) is 17.4 Å². The van der Waals surface area contributed by atoms with E-state index in [1.807, 2.05) is 27.7 Å². The van der Waals surface area contributed by atoms with Gasteiger partial charge in [0.25, 0.3) is 0 Å². The summed E-state index contributed by atoms with van der Waals surface area (Å²) in [5, 5.41) is 7.42. The first-order valence-electron chi connectivity index (χ1n) is 9.98. The summed E-state index contributed by atoms with van der Waals surface area (Å²) in [6.45, 7) is 7.84. The van der Waals surface area contributed by atoms with Crippen LogP contribution in [0.3, 0.4) is 0 Å². The summed E-state index contributed by atoms with van der Waals surface area (Å²) in [5.41, 5.74) is 0.351. The molecule has 0 radical (unpaired) electrons. The number of hydrogen-bond donors (Lipinski definition) is 0. The number of rotatable bonds is 4. The highest BCUT2D eigenvalue weighted by Gasteiger charge is 2.27. The molecule has 4 aromatic carbocycles. The van der Waals surface area contributed by atoms with Crippen LogP contribution < -0.4 is 0 Å². The highest BCUT2D eigenvalue weighted by molar-refractivity contribution is 6.17. The van der Waals surface area contributed by atoms with Gasteiger partial charge >= 0.3 is 5.97 Å². The fourth-order valence-electron chi connectivity index (χ4n) is 3.78. The van der Waals surface area contributed by atoms with E-state index in [-0.39, 0.29) is 11.9 Å². The van der Waals surface area contributed by atoms with Gasteiger partial charge in [0.1, 0.15) is 5.60 Å². The molecule has 0 bridgehead atoms. The van der Waals surface area contributed by atoms with Crippen LogP contribution in [0.4, 0.5) is 0 Å². The Kier molecular flexibility index (Phi) is 4.58. The van der Waals surface area contributed by atoms with Crippen LogP contribution >= 0.6 is 0 Å². The third kappa shape index (κ3) is 3.13. The van der Waals surface area contributed by atoms with Crippen molar-refractivity contribution in [3.8, 4) is 0 Å². The molecule has 0 aliphatic heterocycles. The summed E-state index contributed by atoms with van der Waals surface area (Å²) in [4.78, 5) is 12.3. The lowest BCUT2D eigenvalue weighted by molar-refractivity contribution is -0.162. The van der Waals surface area contributed by atoms with Gasteiger partial charge in [-0.15, -0.1) is 0 Å². The molecule has 0 N–H and O–H groups in total. The van der Waals surface area contributed by atoms with E-state index in [9.17, 15) is 4.79 Å². The number of hydrogen-bond acceptors (Lipinski definition) is 2. The fourth-order valence-corrected chi connectivity index (χ4v) is 3.78. The van der Waals surface area contributed by atoms with E-state index in [1.54, 1.807) is 0 Å². The Bertz CT molecular complexity index is 1190. The minimum absolute atomic E-state index is 0.0862. The second kappa shape index (κ2) is 6.94. The van der Waals surface area contributed by atoms with Crippen molar-refractivity contribution in [3.63, 3.8) is 0 Å². The highest BCUT2D eigenvalue weighted by atomic mass is 16.6. The first-order valence-corrected chi connectivity index (χ1v) is 9.98. The van der Waals surface area contributed by atoms with E-state index in [1.165, 1.54) is 26.9 Å². The average molecular weight is 370 g/mol. The summed E-state index contributed by atoms with van der Waals surface area (Å²) >= 11 is 0. The normalized spacial score (nSPS) is 13.1. The molecule has 0 fully saturated rings. The molecule has 142 valence electrons. The van der Waals surface area contributed by atoms with Gasteiger partial charge in [-0.2, -0.15) is 0 Å². The largest absolute Gasteiger partial charge is 0.455 e. The maximum Gasteiger partial charge on any atom is 0.309 e. The Morgan fingerprint density at radius 1 is 0.857 bits per heavy atom. The molecule has 28 heavy (non-hydrogen) atoms.